The molecule has 0 radical (unpaired) electrons. The Labute approximate surface area is 172 Å². The monoisotopic (exact) mass is 402 g/mol. The molecule has 0 fully saturated rings. The van der Waals surface area contributed by atoms with Crippen LogP contribution in [0.25, 0.3) is 0 Å². The van der Waals surface area contributed by atoms with Crippen molar-refractivity contribution in [3.05, 3.63) is 0 Å². The van der Waals surface area contributed by atoms with Crippen LogP contribution >= 0.6 is 0 Å². The second-order valence-corrected chi connectivity index (χ2v) is 6.29. The van der Waals surface area contributed by atoms with E-state index in [-0.39, 0.29) is 21.7 Å². The summed E-state index contributed by atoms with van der Waals surface area (Å²) in [5.41, 5.74) is 0. The van der Waals surface area contributed by atoms with Crippen molar-refractivity contribution in [1.29, 1.82) is 0 Å². The summed E-state index contributed by atoms with van der Waals surface area (Å²) < 4.78 is 0. The Morgan fingerprint density at radius 1 is 0.280 bits per heavy atom. The van der Waals surface area contributed by atoms with Crippen molar-refractivity contribution in [3.63, 3.8) is 0 Å². The summed E-state index contributed by atoms with van der Waals surface area (Å²) in [5, 5.41) is 57.2. The number of hydrogen-bond acceptors (Lipinski definition) is 6. The van der Waals surface area contributed by atoms with Crippen LogP contribution in [0.15, 0.2) is 0 Å². The van der Waals surface area contributed by atoms with Crippen molar-refractivity contribution in [2.24, 2.45) is 0 Å². The minimum atomic E-state index is -0.417. The molecule has 0 heterocycles. The maximum Gasteiger partial charge on any atom is 6.00 e. The van der Waals surface area contributed by atoms with Crippen LogP contribution in [-0.4, -0.2) is 36.6 Å². The molecule has 0 spiro atoms. The third kappa shape index (κ3) is 55000. The molecule has 0 amide bonds. The van der Waals surface area contributed by atoms with Gasteiger partial charge in [-0.2, -0.15) is 0 Å². The van der Waals surface area contributed by atoms with Gasteiger partial charge in [-0.25, -0.2) is 0 Å². The molecule has 6 nitrogen and oxygen atoms in total. The van der Waals surface area contributed by atoms with Gasteiger partial charge in [0.1, 0.15) is 0 Å². The molecule has 0 aromatic heterocycles. The zero-order valence-corrected chi connectivity index (χ0v) is 20.0. The van der Waals surface area contributed by atoms with Crippen molar-refractivity contribution in [3.8, 4) is 0 Å². The molecule has 0 aliphatic heterocycles. The van der Waals surface area contributed by atoms with Gasteiger partial charge in [0.2, 0.25) is 0 Å². The second kappa shape index (κ2) is 39.5. The standard InChI is InChI=1S/6C3H7O.Ti/c6*1-3(2)4;/h6*3H,1-2H3;/q6*-1;+6. The normalized spacial score (nSPS) is 8.64. The van der Waals surface area contributed by atoms with Crippen molar-refractivity contribution in [2.45, 2.75) is 120 Å². The Morgan fingerprint density at radius 2 is 0.280 bits per heavy atom. The fourth-order valence-electron chi connectivity index (χ4n) is 0. The van der Waals surface area contributed by atoms with Gasteiger partial charge >= 0.3 is 21.7 Å². The molecule has 0 rings (SSSR count). The van der Waals surface area contributed by atoms with E-state index in [1.54, 1.807) is 83.1 Å². The zero-order valence-electron chi connectivity index (χ0n) is 18.4. The van der Waals surface area contributed by atoms with Gasteiger partial charge in [-0.3, -0.25) is 0 Å². The molecule has 0 aliphatic carbocycles. The van der Waals surface area contributed by atoms with E-state index in [1.165, 1.54) is 0 Å². The van der Waals surface area contributed by atoms with E-state index in [0.29, 0.717) is 0 Å². The molecule has 0 aromatic rings. The molecule has 0 saturated carbocycles. The summed E-state index contributed by atoms with van der Waals surface area (Å²) in [6.45, 7) is 19.3. The van der Waals surface area contributed by atoms with Crippen LogP contribution in [0.4, 0.5) is 0 Å². The summed E-state index contributed by atoms with van der Waals surface area (Å²) in [7, 11) is 0. The van der Waals surface area contributed by atoms with Gasteiger partial charge in [0.15, 0.2) is 0 Å². The van der Waals surface area contributed by atoms with E-state index < -0.39 is 36.6 Å². The Balaban J connectivity index is -0.0000000309. The van der Waals surface area contributed by atoms with Gasteiger partial charge in [-0.1, -0.05) is 83.1 Å². The SMILES string of the molecule is CC(C)[O-].CC(C)[O-].CC(C)[O-].CC(C)[O-].CC(C)[O-].CC(C)[O-].[Ti+6]. The Morgan fingerprint density at radius 3 is 0.280 bits per heavy atom. The van der Waals surface area contributed by atoms with Crippen molar-refractivity contribution in [2.75, 3.05) is 0 Å². The average molecular weight is 402 g/mol. The summed E-state index contributed by atoms with van der Waals surface area (Å²) in [6, 6.07) is 0. The van der Waals surface area contributed by atoms with Crippen LogP contribution in [0.1, 0.15) is 83.1 Å². The molecular weight excluding hydrogens is 360 g/mol. The predicted molar refractivity (Wildman–Crippen MR) is 90.8 cm³/mol. The maximum atomic E-state index is 9.53. The third-order valence-corrected chi connectivity index (χ3v) is 0. The van der Waals surface area contributed by atoms with E-state index >= 15 is 0 Å². The molecule has 0 bridgehead atoms. The first-order valence-electron chi connectivity index (χ1n) is 8.34. The molecule has 0 aromatic carbocycles. The van der Waals surface area contributed by atoms with Crippen LogP contribution < -0.4 is 30.6 Å². The fourth-order valence-corrected chi connectivity index (χ4v) is 0. The first-order valence-corrected chi connectivity index (χ1v) is 8.34. The molecule has 0 unspecified atom stereocenters. The van der Waals surface area contributed by atoms with Crippen LogP contribution in [0.2, 0.25) is 0 Å². The summed E-state index contributed by atoms with van der Waals surface area (Å²) >= 11 is 0. The quantitative estimate of drug-likeness (QED) is 0.453. The second-order valence-electron chi connectivity index (χ2n) is 6.29. The Kier molecular flexibility index (Phi) is 70.7. The largest absolute Gasteiger partial charge is 6.00 e. The van der Waals surface area contributed by atoms with Crippen LogP contribution in [0.3, 0.4) is 0 Å². The summed E-state index contributed by atoms with van der Waals surface area (Å²) in [5.74, 6) is 0. The first-order chi connectivity index (χ1) is 10.4. The number of hydrogen-bond donors (Lipinski definition) is 0. The fraction of sp³-hybridized carbons (Fsp3) is 1.00. The van der Waals surface area contributed by atoms with Gasteiger partial charge < -0.3 is 30.6 Å². The van der Waals surface area contributed by atoms with E-state index in [4.69, 9.17) is 0 Å². The van der Waals surface area contributed by atoms with Gasteiger partial charge in [0.05, 0.1) is 0 Å². The van der Waals surface area contributed by atoms with Crippen molar-refractivity contribution >= 4 is 0 Å². The minimum Gasteiger partial charge on any atom is -0.852 e. The first kappa shape index (κ1) is 44.7. The third-order valence-electron chi connectivity index (χ3n) is 0. The Bertz CT molecular complexity index is 101. The van der Waals surface area contributed by atoms with Gasteiger partial charge in [0.25, 0.3) is 0 Å². The van der Waals surface area contributed by atoms with Crippen LogP contribution in [0, 0.1) is 0 Å². The maximum absolute atomic E-state index is 9.53. The minimum absolute atomic E-state index is 0. The topological polar surface area (TPSA) is 138 Å². The molecule has 154 valence electrons. The van der Waals surface area contributed by atoms with E-state index in [9.17, 15) is 30.6 Å². The molecule has 0 aliphatic rings. The van der Waals surface area contributed by atoms with E-state index in [0.717, 1.165) is 0 Å². The molecular formula is C18H42O6Ti. The molecule has 7 heteroatoms. The average Bonchev–Trinajstić information content (AvgIpc) is 2.08. The Hall–Kier alpha value is 0.474. The predicted octanol–water partition coefficient (Wildman–Crippen LogP) is -1.47. The van der Waals surface area contributed by atoms with Crippen LogP contribution in [0.5, 0.6) is 0 Å². The molecule has 0 saturated heterocycles. The van der Waals surface area contributed by atoms with Crippen LogP contribution in [-0.2, 0) is 21.7 Å². The van der Waals surface area contributed by atoms with Gasteiger partial charge in [0, 0.05) is 0 Å². The van der Waals surface area contributed by atoms with Crippen molar-refractivity contribution in [1.82, 2.24) is 0 Å². The van der Waals surface area contributed by atoms with E-state index in [2.05, 4.69) is 0 Å². The summed E-state index contributed by atoms with van der Waals surface area (Å²) in [6.07, 6.45) is -2.50. The van der Waals surface area contributed by atoms with E-state index in [1.807, 2.05) is 0 Å². The molecule has 0 atom stereocenters. The van der Waals surface area contributed by atoms with Crippen molar-refractivity contribution < 1.29 is 52.4 Å². The smallest absolute Gasteiger partial charge is 0.852 e. The van der Waals surface area contributed by atoms with Gasteiger partial charge in [-0.15, -0.1) is 36.6 Å². The number of rotatable bonds is 0. The molecule has 25 heavy (non-hydrogen) atoms. The van der Waals surface area contributed by atoms with Gasteiger partial charge in [-0.05, 0) is 0 Å². The molecule has 0 N–H and O–H groups in total. The summed E-state index contributed by atoms with van der Waals surface area (Å²) in [4.78, 5) is 0. The zero-order chi connectivity index (χ0) is 21.5.